The third-order valence-electron chi connectivity index (χ3n) is 3.92. The standard InChI is InChI=1S/C11H16N4.C4H4O4/c12-2-1-9-3-8-4-11(8)15(9)10-5-13-7-14-6-10;5-3(6)1-2-4(7)8/h5-9,11H,1-4,12H2;1-2H,(H,5,6)(H,7,8). The molecular weight excluding hydrogens is 300 g/mol. The number of nitrogens with zero attached hydrogens (tertiary/aromatic N) is 3. The maximum atomic E-state index is 9.55. The SMILES string of the molecule is NCCC1CC2CC2N1c1cncnc1.O=C(O)C=CC(=O)O. The minimum atomic E-state index is -1.26. The molecule has 1 aromatic heterocycles. The van der Waals surface area contributed by atoms with E-state index < -0.39 is 11.9 Å². The van der Waals surface area contributed by atoms with Crippen LogP contribution in [-0.2, 0) is 9.59 Å². The Balaban J connectivity index is 0.000000207. The lowest BCUT2D eigenvalue weighted by molar-refractivity contribution is -0.134. The summed E-state index contributed by atoms with van der Waals surface area (Å²) >= 11 is 0. The Morgan fingerprint density at radius 3 is 2.35 bits per heavy atom. The summed E-state index contributed by atoms with van der Waals surface area (Å²) in [5.74, 6) is -1.61. The summed E-state index contributed by atoms with van der Waals surface area (Å²) in [6.07, 6.45) is 10.3. The number of aliphatic carboxylic acids is 2. The molecule has 23 heavy (non-hydrogen) atoms. The van der Waals surface area contributed by atoms with Gasteiger partial charge in [-0.3, -0.25) is 0 Å². The van der Waals surface area contributed by atoms with Crippen molar-refractivity contribution in [1.29, 1.82) is 0 Å². The lowest BCUT2D eigenvalue weighted by Gasteiger charge is -2.28. The molecule has 3 unspecified atom stereocenters. The van der Waals surface area contributed by atoms with Crippen LogP contribution in [0.1, 0.15) is 19.3 Å². The molecule has 0 spiro atoms. The molecule has 8 heteroatoms. The van der Waals surface area contributed by atoms with E-state index in [2.05, 4.69) is 14.9 Å². The number of hydrogen-bond acceptors (Lipinski definition) is 6. The quantitative estimate of drug-likeness (QED) is 0.669. The van der Waals surface area contributed by atoms with E-state index >= 15 is 0 Å². The van der Waals surface area contributed by atoms with E-state index in [0.717, 1.165) is 24.9 Å². The van der Waals surface area contributed by atoms with Crippen molar-refractivity contribution >= 4 is 17.6 Å². The van der Waals surface area contributed by atoms with E-state index in [1.165, 1.54) is 18.5 Å². The van der Waals surface area contributed by atoms with Crippen LogP contribution in [0.4, 0.5) is 5.69 Å². The van der Waals surface area contributed by atoms with E-state index in [1.807, 2.05) is 12.4 Å². The summed E-state index contributed by atoms with van der Waals surface area (Å²) in [6.45, 7) is 0.772. The first-order chi connectivity index (χ1) is 11.0. The molecule has 2 aliphatic rings. The normalized spacial score (nSPS) is 24.7. The number of piperidine rings is 1. The fourth-order valence-electron chi connectivity index (χ4n) is 2.98. The van der Waals surface area contributed by atoms with Crippen molar-refractivity contribution in [2.24, 2.45) is 11.7 Å². The smallest absolute Gasteiger partial charge is 0.328 e. The zero-order valence-corrected chi connectivity index (χ0v) is 12.6. The number of carbonyl (C=O) groups is 2. The third kappa shape index (κ3) is 4.75. The first-order valence-corrected chi connectivity index (χ1v) is 7.40. The molecule has 124 valence electrons. The number of carboxylic acid groups (broad SMARTS) is 2. The van der Waals surface area contributed by atoms with E-state index in [-0.39, 0.29) is 0 Å². The van der Waals surface area contributed by atoms with E-state index in [0.29, 0.717) is 18.2 Å². The van der Waals surface area contributed by atoms with Crippen LogP contribution in [0.5, 0.6) is 0 Å². The molecule has 0 bridgehead atoms. The Hall–Kier alpha value is -2.48. The molecule has 1 aromatic rings. The average molecular weight is 320 g/mol. The molecule has 8 nitrogen and oxygen atoms in total. The van der Waals surface area contributed by atoms with Crippen LogP contribution >= 0.6 is 0 Å². The van der Waals surface area contributed by atoms with Gasteiger partial charge in [0.15, 0.2) is 0 Å². The van der Waals surface area contributed by atoms with Crippen LogP contribution in [-0.4, -0.2) is 50.7 Å². The summed E-state index contributed by atoms with van der Waals surface area (Å²) in [5.41, 5.74) is 6.82. The molecule has 3 rings (SSSR count). The second-order valence-electron chi connectivity index (χ2n) is 5.54. The van der Waals surface area contributed by atoms with Crippen LogP contribution < -0.4 is 10.6 Å². The number of anilines is 1. The van der Waals surface area contributed by atoms with Gasteiger partial charge in [-0.15, -0.1) is 0 Å². The predicted molar refractivity (Wildman–Crippen MR) is 82.9 cm³/mol. The maximum Gasteiger partial charge on any atom is 0.328 e. The zero-order chi connectivity index (χ0) is 16.8. The summed E-state index contributed by atoms with van der Waals surface area (Å²) in [6, 6.07) is 1.36. The van der Waals surface area contributed by atoms with Crippen molar-refractivity contribution in [3.63, 3.8) is 0 Å². The molecule has 1 aliphatic heterocycles. The van der Waals surface area contributed by atoms with Crippen LogP contribution in [0.3, 0.4) is 0 Å². The molecule has 2 heterocycles. The number of rotatable bonds is 5. The highest BCUT2D eigenvalue weighted by atomic mass is 16.4. The molecule has 0 amide bonds. The summed E-state index contributed by atoms with van der Waals surface area (Å²) in [4.78, 5) is 29.8. The lowest BCUT2D eigenvalue weighted by atomic mass is 10.1. The average Bonchev–Trinajstić information content (AvgIpc) is 3.18. The Kier molecular flexibility index (Phi) is 5.64. The highest BCUT2D eigenvalue weighted by molar-refractivity contribution is 5.89. The highest BCUT2D eigenvalue weighted by Crippen LogP contribution is 2.50. The van der Waals surface area contributed by atoms with Crippen molar-refractivity contribution in [2.45, 2.75) is 31.3 Å². The number of hydrogen-bond donors (Lipinski definition) is 3. The Bertz CT molecular complexity index is 562. The Morgan fingerprint density at radius 1 is 1.22 bits per heavy atom. The number of nitrogens with two attached hydrogens (primary N) is 1. The second-order valence-corrected chi connectivity index (χ2v) is 5.54. The van der Waals surface area contributed by atoms with Gasteiger partial charge in [-0.05, 0) is 31.7 Å². The monoisotopic (exact) mass is 320 g/mol. The molecule has 1 aliphatic carbocycles. The van der Waals surface area contributed by atoms with Crippen molar-refractivity contribution in [3.8, 4) is 0 Å². The first-order valence-electron chi connectivity index (χ1n) is 7.40. The second kappa shape index (κ2) is 7.68. The maximum absolute atomic E-state index is 9.55. The molecular formula is C15H20N4O4. The van der Waals surface area contributed by atoms with Gasteiger partial charge >= 0.3 is 11.9 Å². The zero-order valence-electron chi connectivity index (χ0n) is 12.6. The number of aromatic nitrogens is 2. The van der Waals surface area contributed by atoms with Gasteiger partial charge in [-0.1, -0.05) is 0 Å². The van der Waals surface area contributed by atoms with Gasteiger partial charge < -0.3 is 20.8 Å². The van der Waals surface area contributed by atoms with Gasteiger partial charge in [0, 0.05) is 24.2 Å². The Labute approximate surface area is 133 Å². The Morgan fingerprint density at radius 2 is 1.83 bits per heavy atom. The van der Waals surface area contributed by atoms with Crippen LogP contribution in [0, 0.1) is 5.92 Å². The molecule has 0 radical (unpaired) electrons. The third-order valence-corrected chi connectivity index (χ3v) is 3.92. The number of carboxylic acids is 2. The summed E-state index contributed by atoms with van der Waals surface area (Å²) < 4.78 is 0. The molecule has 0 aromatic carbocycles. The van der Waals surface area contributed by atoms with Gasteiger partial charge in [0.25, 0.3) is 0 Å². The molecule has 1 saturated carbocycles. The van der Waals surface area contributed by atoms with Gasteiger partial charge in [0.05, 0.1) is 18.1 Å². The van der Waals surface area contributed by atoms with Gasteiger partial charge in [-0.2, -0.15) is 0 Å². The molecule has 3 atom stereocenters. The fraction of sp³-hybridized carbons (Fsp3) is 0.467. The van der Waals surface area contributed by atoms with Crippen LogP contribution in [0.25, 0.3) is 0 Å². The van der Waals surface area contributed by atoms with Gasteiger partial charge in [0.1, 0.15) is 6.33 Å². The van der Waals surface area contributed by atoms with Crippen LogP contribution in [0.15, 0.2) is 30.9 Å². The largest absolute Gasteiger partial charge is 0.478 e. The summed E-state index contributed by atoms with van der Waals surface area (Å²) in [7, 11) is 0. The molecule has 2 fully saturated rings. The molecule has 4 N–H and O–H groups in total. The van der Waals surface area contributed by atoms with E-state index in [4.69, 9.17) is 15.9 Å². The van der Waals surface area contributed by atoms with Crippen LogP contribution in [0.2, 0.25) is 0 Å². The van der Waals surface area contributed by atoms with Gasteiger partial charge in [-0.25, -0.2) is 19.6 Å². The first kappa shape index (κ1) is 16.9. The summed E-state index contributed by atoms with van der Waals surface area (Å²) in [5, 5.41) is 15.6. The highest BCUT2D eigenvalue weighted by Gasteiger charge is 2.51. The van der Waals surface area contributed by atoms with Crippen molar-refractivity contribution < 1.29 is 19.8 Å². The van der Waals surface area contributed by atoms with E-state index in [9.17, 15) is 9.59 Å². The van der Waals surface area contributed by atoms with Crippen molar-refractivity contribution in [1.82, 2.24) is 9.97 Å². The minimum absolute atomic E-state index is 0.558. The van der Waals surface area contributed by atoms with Crippen molar-refractivity contribution in [2.75, 3.05) is 11.4 Å². The number of fused-ring (bicyclic) bond motifs is 1. The fourth-order valence-corrected chi connectivity index (χ4v) is 2.98. The predicted octanol–water partition coefficient (Wildman–Crippen LogP) is 0.504. The van der Waals surface area contributed by atoms with Crippen molar-refractivity contribution in [3.05, 3.63) is 30.9 Å². The minimum Gasteiger partial charge on any atom is -0.478 e. The topological polar surface area (TPSA) is 130 Å². The van der Waals surface area contributed by atoms with E-state index in [1.54, 1.807) is 6.33 Å². The molecule has 1 saturated heterocycles. The van der Waals surface area contributed by atoms with Gasteiger partial charge in [0.2, 0.25) is 0 Å². The lowest BCUT2D eigenvalue weighted by Crippen LogP contribution is -2.34.